The van der Waals surface area contributed by atoms with Crippen molar-refractivity contribution in [2.24, 2.45) is 0 Å². The molecule has 2 N–H and O–H groups in total. The van der Waals surface area contributed by atoms with E-state index < -0.39 is 15.6 Å². The van der Waals surface area contributed by atoms with Crippen LogP contribution >= 0.6 is 0 Å². The quantitative estimate of drug-likeness (QED) is 0.761. The lowest BCUT2D eigenvalue weighted by atomic mass is 10.1. The zero-order valence-electron chi connectivity index (χ0n) is 16.1. The van der Waals surface area contributed by atoms with Gasteiger partial charge in [-0.2, -0.15) is 0 Å². The highest BCUT2D eigenvalue weighted by atomic mass is 32.2. The van der Waals surface area contributed by atoms with Crippen molar-refractivity contribution in [1.29, 1.82) is 0 Å². The Kier molecular flexibility index (Phi) is 6.62. The molecule has 1 amide bonds. The van der Waals surface area contributed by atoms with Gasteiger partial charge in [-0.15, -0.1) is 0 Å². The second-order valence-corrected chi connectivity index (χ2v) is 8.88. The molecule has 0 aromatic heterocycles. The van der Waals surface area contributed by atoms with E-state index in [1.165, 1.54) is 24.3 Å². The lowest BCUT2D eigenvalue weighted by molar-refractivity contribution is 0.0954. The Morgan fingerprint density at radius 3 is 2.26 bits per heavy atom. The Morgan fingerprint density at radius 2 is 1.67 bits per heavy atom. The van der Waals surface area contributed by atoms with E-state index in [0.717, 1.165) is 11.3 Å². The first-order chi connectivity index (χ1) is 12.6. The first-order valence-electron chi connectivity index (χ1n) is 8.66. The van der Waals surface area contributed by atoms with Crippen LogP contribution in [-0.4, -0.2) is 33.5 Å². The lowest BCUT2D eigenvalue weighted by Crippen LogP contribution is -2.40. The average molecular weight is 391 g/mol. The van der Waals surface area contributed by atoms with Crippen LogP contribution in [0, 0.1) is 0 Å². The maximum Gasteiger partial charge on any atom is 0.251 e. The topological polar surface area (TPSA) is 84.5 Å². The van der Waals surface area contributed by atoms with Gasteiger partial charge in [0.05, 0.1) is 12.0 Å². The van der Waals surface area contributed by atoms with Crippen LogP contribution in [0.3, 0.4) is 0 Å². The van der Waals surface area contributed by atoms with Gasteiger partial charge in [-0.25, -0.2) is 13.1 Å². The van der Waals surface area contributed by atoms with Gasteiger partial charge in [0.15, 0.2) is 0 Å². The zero-order valence-corrected chi connectivity index (χ0v) is 16.9. The van der Waals surface area contributed by atoms with Gasteiger partial charge in [0.1, 0.15) is 5.75 Å². The van der Waals surface area contributed by atoms with E-state index in [4.69, 9.17) is 4.74 Å². The van der Waals surface area contributed by atoms with Crippen LogP contribution in [0.1, 0.15) is 36.7 Å². The average Bonchev–Trinajstić information content (AvgIpc) is 2.60. The van der Waals surface area contributed by atoms with Crippen LogP contribution in [-0.2, 0) is 16.4 Å². The van der Waals surface area contributed by atoms with E-state index in [0.29, 0.717) is 18.5 Å². The largest absolute Gasteiger partial charge is 0.496 e. The molecule has 2 aromatic rings. The van der Waals surface area contributed by atoms with Gasteiger partial charge >= 0.3 is 0 Å². The lowest BCUT2D eigenvalue weighted by Gasteiger charge is -2.20. The second-order valence-electron chi connectivity index (χ2n) is 7.20. The summed E-state index contributed by atoms with van der Waals surface area (Å²) < 4.78 is 32.5. The van der Waals surface area contributed by atoms with E-state index in [1.807, 2.05) is 24.3 Å². The highest BCUT2D eigenvalue weighted by molar-refractivity contribution is 7.89. The number of methoxy groups -OCH3 is 1. The van der Waals surface area contributed by atoms with E-state index in [2.05, 4.69) is 10.0 Å². The van der Waals surface area contributed by atoms with Crippen molar-refractivity contribution in [3.8, 4) is 5.75 Å². The van der Waals surface area contributed by atoms with Crippen molar-refractivity contribution in [1.82, 2.24) is 10.0 Å². The van der Waals surface area contributed by atoms with E-state index in [1.54, 1.807) is 27.9 Å². The van der Waals surface area contributed by atoms with Crippen molar-refractivity contribution in [3.63, 3.8) is 0 Å². The number of amides is 1. The number of hydrogen-bond donors (Lipinski definition) is 2. The first kappa shape index (κ1) is 20.9. The Morgan fingerprint density at radius 1 is 1.04 bits per heavy atom. The van der Waals surface area contributed by atoms with Crippen molar-refractivity contribution in [3.05, 3.63) is 59.7 Å². The van der Waals surface area contributed by atoms with Crippen molar-refractivity contribution in [2.75, 3.05) is 13.7 Å². The van der Waals surface area contributed by atoms with Gasteiger partial charge in [0.25, 0.3) is 5.91 Å². The van der Waals surface area contributed by atoms with E-state index in [-0.39, 0.29) is 10.8 Å². The summed E-state index contributed by atoms with van der Waals surface area (Å²) in [6.07, 6.45) is 0.637. The summed E-state index contributed by atoms with van der Waals surface area (Å²) in [5.41, 5.74) is 0.840. The Balaban J connectivity index is 1.97. The SMILES string of the molecule is COc1ccccc1CCNC(=O)c1ccc(S(=O)(=O)NC(C)(C)C)cc1. The van der Waals surface area contributed by atoms with Crippen molar-refractivity contribution in [2.45, 2.75) is 37.6 Å². The minimum Gasteiger partial charge on any atom is -0.496 e. The van der Waals surface area contributed by atoms with Crippen molar-refractivity contribution < 1.29 is 17.9 Å². The Bertz CT molecular complexity index is 885. The van der Waals surface area contributed by atoms with Crippen LogP contribution in [0.15, 0.2) is 53.4 Å². The molecule has 27 heavy (non-hydrogen) atoms. The molecule has 6 nitrogen and oxygen atoms in total. The second kappa shape index (κ2) is 8.54. The third-order valence-corrected chi connectivity index (χ3v) is 5.51. The maximum absolute atomic E-state index is 12.3. The number of nitrogens with one attached hydrogen (secondary N) is 2. The van der Waals surface area contributed by atoms with Gasteiger partial charge in [0, 0.05) is 17.6 Å². The fourth-order valence-corrected chi connectivity index (χ4v) is 3.99. The number of ether oxygens (including phenoxy) is 1. The van der Waals surface area contributed by atoms with Crippen LogP contribution in [0.5, 0.6) is 5.75 Å². The molecule has 0 aliphatic rings. The molecule has 2 rings (SSSR count). The molecule has 0 atom stereocenters. The van der Waals surface area contributed by atoms with E-state index in [9.17, 15) is 13.2 Å². The number of hydrogen-bond acceptors (Lipinski definition) is 4. The molecule has 0 saturated heterocycles. The molecule has 0 bridgehead atoms. The van der Waals surface area contributed by atoms with Gasteiger partial charge < -0.3 is 10.1 Å². The summed E-state index contributed by atoms with van der Waals surface area (Å²) in [4.78, 5) is 12.4. The normalized spacial score (nSPS) is 11.9. The molecule has 7 heteroatoms. The summed E-state index contributed by atoms with van der Waals surface area (Å²) in [7, 11) is -2.00. The molecule has 0 unspecified atom stereocenters. The molecule has 0 radical (unpaired) electrons. The van der Waals surface area contributed by atoms with Gasteiger partial charge in [0.2, 0.25) is 10.0 Å². The Labute approximate surface area is 161 Å². The van der Waals surface area contributed by atoms with E-state index >= 15 is 0 Å². The molecular weight excluding hydrogens is 364 g/mol. The van der Waals surface area contributed by atoms with Gasteiger partial charge in [-0.05, 0) is 63.1 Å². The third kappa shape index (κ3) is 6.08. The summed E-state index contributed by atoms with van der Waals surface area (Å²) in [6.45, 7) is 5.77. The smallest absolute Gasteiger partial charge is 0.251 e. The summed E-state index contributed by atoms with van der Waals surface area (Å²) in [6, 6.07) is 13.5. The number of carbonyl (C=O) groups is 1. The van der Waals surface area contributed by atoms with Crippen LogP contribution in [0.4, 0.5) is 0 Å². The summed E-state index contributed by atoms with van der Waals surface area (Å²) in [5, 5.41) is 2.84. The molecule has 0 fully saturated rings. The third-order valence-electron chi connectivity index (χ3n) is 3.74. The van der Waals surface area contributed by atoms with Gasteiger partial charge in [-0.1, -0.05) is 18.2 Å². The standard InChI is InChI=1S/C20H26N2O4S/c1-20(2,3)22-27(24,25)17-11-9-16(10-12-17)19(23)21-14-13-15-7-5-6-8-18(15)26-4/h5-12,22H,13-14H2,1-4H3,(H,21,23). The predicted octanol–water partition coefficient (Wildman–Crippen LogP) is 2.74. The minimum atomic E-state index is -3.62. The van der Waals surface area contributed by atoms with Crippen LogP contribution < -0.4 is 14.8 Å². The molecule has 2 aromatic carbocycles. The minimum absolute atomic E-state index is 0.128. The highest BCUT2D eigenvalue weighted by Gasteiger charge is 2.22. The maximum atomic E-state index is 12.3. The zero-order chi connectivity index (χ0) is 20.1. The number of sulfonamides is 1. The number of rotatable bonds is 7. The molecule has 0 saturated carbocycles. The summed E-state index contributed by atoms with van der Waals surface area (Å²) >= 11 is 0. The van der Waals surface area contributed by atoms with Crippen LogP contribution in [0.2, 0.25) is 0 Å². The molecule has 146 valence electrons. The van der Waals surface area contributed by atoms with Crippen LogP contribution in [0.25, 0.3) is 0 Å². The predicted molar refractivity (Wildman–Crippen MR) is 106 cm³/mol. The number of carbonyl (C=O) groups excluding carboxylic acids is 1. The fraction of sp³-hybridized carbons (Fsp3) is 0.350. The number of para-hydroxylation sites is 1. The first-order valence-corrected chi connectivity index (χ1v) is 10.1. The molecule has 0 aliphatic carbocycles. The van der Waals surface area contributed by atoms with Crippen molar-refractivity contribution >= 4 is 15.9 Å². The molecular formula is C20H26N2O4S. The summed E-state index contributed by atoms with van der Waals surface area (Å²) in [5.74, 6) is 0.533. The fourth-order valence-electron chi connectivity index (χ4n) is 2.57. The molecule has 0 aliphatic heterocycles. The monoisotopic (exact) mass is 390 g/mol. The molecule has 0 spiro atoms. The van der Waals surface area contributed by atoms with Gasteiger partial charge in [-0.3, -0.25) is 4.79 Å². The number of benzene rings is 2. The molecule has 0 heterocycles. The Hall–Kier alpha value is -2.38. The highest BCUT2D eigenvalue weighted by Crippen LogP contribution is 2.17.